The number of piperidine rings is 1. The van der Waals surface area contributed by atoms with Crippen LogP contribution in [-0.2, 0) is 11.3 Å². The second-order valence-electron chi connectivity index (χ2n) is 6.82. The van der Waals surface area contributed by atoms with Crippen LogP contribution >= 0.6 is 0 Å². The Balaban J connectivity index is 1.46. The molecule has 0 saturated carbocycles. The SMILES string of the molecule is NCc1ccc(C2=CC3CCN2C[C@@]32CC3=C(NCC=C3)O2)o1. The molecule has 2 atom stereocenters. The van der Waals surface area contributed by atoms with Crippen LogP contribution in [0.15, 0.2) is 46.2 Å². The van der Waals surface area contributed by atoms with E-state index in [0.717, 1.165) is 49.9 Å². The molecule has 1 aromatic heterocycles. The molecular weight excluding hydrogens is 290 g/mol. The maximum atomic E-state index is 6.42. The highest BCUT2D eigenvalue weighted by atomic mass is 16.5. The van der Waals surface area contributed by atoms with E-state index in [1.54, 1.807) is 0 Å². The van der Waals surface area contributed by atoms with E-state index in [-0.39, 0.29) is 5.60 Å². The molecule has 5 nitrogen and oxygen atoms in total. The van der Waals surface area contributed by atoms with E-state index in [2.05, 4.69) is 28.4 Å². The molecule has 5 heteroatoms. The summed E-state index contributed by atoms with van der Waals surface area (Å²) in [5.74, 6) is 3.18. The van der Waals surface area contributed by atoms with Crippen LogP contribution in [0, 0.1) is 5.92 Å². The molecular formula is C18H21N3O2. The van der Waals surface area contributed by atoms with Crippen molar-refractivity contribution in [2.24, 2.45) is 11.7 Å². The van der Waals surface area contributed by atoms with Gasteiger partial charge in [0.05, 0.1) is 18.8 Å². The first kappa shape index (κ1) is 13.3. The molecule has 0 aromatic carbocycles. The molecule has 1 saturated heterocycles. The first-order chi connectivity index (χ1) is 11.3. The number of nitrogens with zero attached hydrogens (tertiary/aromatic N) is 1. The Morgan fingerprint density at radius 2 is 2.35 bits per heavy atom. The number of fused-ring (bicyclic) bond motifs is 1. The van der Waals surface area contributed by atoms with Gasteiger partial charge in [0, 0.05) is 31.0 Å². The van der Waals surface area contributed by atoms with Crippen LogP contribution in [0.2, 0.25) is 0 Å². The Labute approximate surface area is 135 Å². The zero-order chi connectivity index (χ0) is 15.4. The van der Waals surface area contributed by atoms with Gasteiger partial charge in [-0.3, -0.25) is 0 Å². The standard InChI is InChI=1S/C18H21N3O2/c19-10-14-3-4-16(22-14)15-8-13-5-7-21(15)11-18(13)9-12-2-1-6-20-17(12)23-18/h1-4,8,13,20H,5-7,9-11,19H2/t13?,18-/m0/s1. The minimum Gasteiger partial charge on any atom is -0.470 e. The van der Waals surface area contributed by atoms with E-state index in [1.807, 2.05) is 12.1 Å². The largest absolute Gasteiger partial charge is 0.470 e. The molecule has 0 aliphatic carbocycles. The van der Waals surface area contributed by atoms with Crippen molar-refractivity contribution in [3.8, 4) is 0 Å². The van der Waals surface area contributed by atoms with Gasteiger partial charge < -0.3 is 25.1 Å². The van der Waals surface area contributed by atoms with Crippen LogP contribution in [0.1, 0.15) is 24.4 Å². The highest BCUT2D eigenvalue weighted by Gasteiger charge is 2.53. The Morgan fingerprint density at radius 1 is 1.39 bits per heavy atom. The van der Waals surface area contributed by atoms with E-state index < -0.39 is 0 Å². The summed E-state index contributed by atoms with van der Waals surface area (Å²) >= 11 is 0. The molecule has 120 valence electrons. The second kappa shape index (κ2) is 4.68. The molecule has 1 fully saturated rings. The summed E-state index contributed by atoms with van der Waals surface area (Å²) in [4.78, 5) is 2.40. The van der Waals surface area contributed by atoms with Crippen LogP contribution in [0.4, 0.5) is 0 Å². The number of hydrogen-bond donors (Lipinski definition) is 2. The fourth-order valence-corrected chi connectivity index (χ4v) is 4.32. The summed E-state index contributed by atoms with van der Waals surface area (Å²) in [6, 6.07) is 4.00. The van der Waals surface area contributed by atoms with Gasteiger partial charge in [-0.15, -0.1) is 0 Å². The van der Waals surface area contributed by atoms with Crippen molar-refractivity contribution < 1.29 is 9.15 Å². The lowest BCUT2D eigenvalue weighted by atomic mass is 9.74. The fraction of sp³-hybridized carbons (Fsp3) is 0.444. The van der Waals surface area contributed by atoms with E-state index in [9.17, 15) is 0 Å². The van der Waals surface area contributed by atoms with Gasteiger partial charge in [0.1, 0.15) is 17.1 Å². The quantitative estimate of drug-likeness (QED) is 0.874. The Bertz CT molecular complexity index is 745. The third-order valence-electron chi connectivity index (χ3n) is 5.45. The van der Waals surface area contributed by atoms with Gasteiger partial charge in [-0.1, -0.05) is 12.2 Å². The Morgan fingerprint density at radius 3 is 3.09 bits per heavy atom. The average molecular weight is 311 g/mol. The summed E-state index contributed by atoms with van der Waals surface area (Å²) in [6.45, 7) is 3.29. The molecule has 3 N–H and O–H groups in total. The van der Waals surface area contributed by atoms with Gasteiger partial charge in [-0.2, -0.15) is 0 Å². The lowest BCUT2D eigenvalue weighted by Crippen LogP contribution is -2.56. The highest BCUT2D eigenvalue weighted by Crippen LogP contribution is 2.49. The van der Waals surface area contributed by atoms with E-state index >= 15 is 0 Å². The third kappa shape index (κ3) is 1.89. The van der Waals surface area contributed by atoms with Crippen molar-refractivity contribution in [1.29, 1.82) is 0 Å². The van der Waals surface area contributed by atoms with Crippen LogP contribution in [0.5, 0.6) is 0 Å². The number of rotatable bonds is 2. The van der Waals surface area contributed by atoms with Gasteiger partial charge in [-0.25, -0.2) is 0 Å². The Hall–Kier alpha value is -2.14. The fourth-order valence-electron chi connectivity index (χ4n) is 4.32. The zero-order valence-corrected chi connectivity index (χ0v) is 13.0. The molecule has 5 aliphatic rings. The smallest absolute Gasteiger partial charge is 0.191 e. The van der Waals surface area contributed by atoms with Gasteiger partial charge >= 0.3 is 0 Å². The maximum Gasteiger partial charge on any atom is 0.191 e. The number of allylic oxidation sites excluding steroid dienone is 1. The number of nitrogens with one attached hydrogen (secondary N) is 1. The third-order valence-corrected chi connectivity index (χ3v) is 5.45. The van der Waals surface area contributed by atoms with Crippen LogP contribution in [0.3, 0.4) is 0 Å². The predicted molar refractivity (Wildman–Crippen MR) is 86.9 cm³/mol. The van der Waals surface area contributed by atoms with E-state index in [0.29, 0.717) is 12.5 Å². The average Bonchev–Trinajstić information content (AvgIpc) is 3.19. The van der Waals surface area contributed by atoms with Crippen molar-refractivity contribution in [3.05, 3.63) is 53.3 Å². The number of dihydropyridines is 1. The lowest BCUT2D eigenvalue weighted by Gasteiger charge is -2.50. The summed E-state index contributed by atoms with van der Waals surface area (Å²) in [5, 5.41) is 3.36. The van der Waals surface area contributed by atoms with Crippen molar-refractivity contribution in [1.82, 2.24) is 10.2 Å². The van der Waals surface area contributed by atoms with Crippen molar-refractivity contribution in [2.75, 3.05) is 19.6 Å². The van der Waals surface area contributed by atoms with Crippen molar-refractivity contribution >= 4 is 5.70 Å². The molecule has 23 heavy (non-hydrogen) atoms. The highest BCUT2D eigenvalue weighted by molar-refractivity contribution is 5.63. The number of furan rings is 1. The number of hydrogen-bond acceptors (Lipinski definition) is 5. The zero-order valence-electron chi connectivity index (χ0n) is 13.0. The van der Waals surface area contributed by atoms with Crippen molar-refractivity contribution in [3.63, 3.8) is 0 Å². The summed E-state index contributed by atoms with van der Waals surface area (Å²) < 4.78 is 12.3. The van der Waals surface area contributed by atoms with Gasteiger partial charge in [0.25, 0.3) is 0 Å². The van der Waals surface area contributed by atoms with Gasteiger partial charge in [0.15, 0.2) is 5.88 Å². The summed E-state index contributed by atoms with van der Waals surface area (Å²) in [7, 11) is 0. The number of nitrogens with two attached hydrogens (primary N) is 1. The normalized spacial score (nSPS) is 31.3. The molecule has 1 aromatic rings. The summed E-state index contributed by atoms with van der Waals surface area (Å²) in [5.41, 5.74) is 8.06. The molecule has 1 unspecified atom stereocenters. The minimum atomic E-state index is -0.114. The van der Waals surface area contributed by atoms with Crippen LogP contribution in [-0.4, -0.2) is 30.1 Å². The molecule has 1 spiro atoms. The molecule has 5 aliphatic heterocycles. The minimum absolute atomic E-state index is 0.114. The van der Waals surface area contributed by atoms with E-state index in [4.69, 9.17) is 14.9 Å². The summed E-state index contributed by atoms with van der Waals surface area (Å²) in [6.07, 6.45) is 8.85. The van der Waals surface area contributed by atoms with Crippen LogP contribution in [0.25, 0.3) is 5.70 Å². The maximum absolute atomic E-state index is 6.42. The van der Waals surface area contributed by atoms with Crippen molar-refractivity contribution in [2.45, 2.75) is 25.0 Å². The Kier molecular flexibility index (Phi) is 2.71. The van der Waals surface area contributed by atoms with Gasteiger partial charge in [0.2, 0.25) is 0 Å². The topological polar surface area (TPSA) is 63.7 Å². The molecule has 0 radical (unpaired) electrons. The monoisotopic (exact) mass is 311 g/mol. The molecule has 6 heterocycles. The first-order valence-electron chi connectivity index (χ1n) is 8.36. The van der Waals surface area contributed by atoms with Gasteiger partial charge in [-0.05, 0) is 24.6 Å². The molecule has 0 amide bonds. The van der Waals surface area contributed by atoms with Crippen LogP contribution < -0.4 is 11.1 Å². The number of ether oxygens (including phenoxy) is 1. The second-order valence-corrected chi connectivity index (χ2v) is 6.82. The lowest BCUT2D eigenvalue weighted by molar-refractivity contribution is -0.0649. The predicted octanol–water partition coefficient (Wildman–Crippen LogP) is 1.94. The first-order valence-corrected chi connectivity index (χ1v) is 8.36. The van der Waals surface area contributed by atoms with E-state index in [1.165, 1.54) is 11.3 Å². The molecule has 2 bridgehead atoms. The molecule has 6 rings (SSSR count).